The fourth-order valence-corrected chi connectivity index (χ4v) is 3.39. The molecule has 1 aromatic heterocycles. The predicted octanol–water partition coefficient (Wildman–Crippen LogP) is 1.37. The van der Waals surface area contributed by atoms with Crippen LogP contribution in [0.5, 0.6) is 0 Å². The van der Waals surface area contributed by atoms with Crippen LogP contribution in [-0.2, 0) is 22.7 Å². The summed E-state index contributed by atoms with van der Waals surface area (Å²) >= 11 is 0. The standard InChI is InChI=1S/C16H20F3N5O2/c1-2-14(26)23-8-10(9-23)6-13(25)20-7-12-21-22-15-11(16(17,18)19)4-3-5-24(12)15/h2,10-11H,1,3-9H2,(H,20,25). The summed E-state index contributed by atoms with van der Waals surface area (Å²) < 4.78 is 40.6. The molecule has 2 aliphatic heterocycles. The third-order valence-electron chi connectivity index (χ3n) is 4.80. The molecule has 2 amide bonds. The first-order valence-electron chi connectivity index (χ1n) is 8.46. The van der Waals surface area contributed by atoms with Gasteiger partial charge in [0, 0.05) is 32.0 Å². The Morgan fingerprint density at radius 3 is 2.69 bits per heavy atom. The van der Waals surface area contributed by atoms with Gasteiger partial charge in [-0.2, -0.15) is 13.2 Å². The van der Waals surface area contributed by atoms with Crippen LogP contribution in [0.4, 0.5) is 13.2 Å². The monoisotopic (exact) mass is 371 g/mol. The van der Waals surface area contributed by atoms with Crippen molar-refractivity contribution in [2.24, 2.45) is 5.92 Å². The van der Waals surface area contributed by atoms with Crippen LogP contribution in [0.3, 0.4) is 0 Å². The molecule has 1 atom stereocenters. The average molecular weight is 371 g/mol. The van der Waals surface area contributed by atoms with E-state index in [1.54, 1.807) is 4.90 Å². The van der Waals surface area contributed by atoms with Crippen molar-refractivity contribution in [2.45, 2.75) is 44.4 Å². The van der Waals surface area contributed by atoms with E-state index in [0.717, 1.165) is 0 Å². The summed E-state index contributed by atoms with van der Waals surface area (Å²) in [5.74, 6) is -1.64. The third kappa shape index (κ3) is 3.73. The number of fused-ring (bicyclic) bond motifs is 1. The molecule has 2 aliphatic rings. The zero-order valence-corrected chi connectivity index (χ0v) is 14.1. The van der Waals surface area contributed by atoms with E-state index in [9.17, 15) is 22.8 Å². The highest BCUT2D eigenvalue weighted by Gasteiger charge is 2.45. The van der Waals surface area contributed by atoms with Gasteiger partial charge in [0.05, 0.1) is 6.54 Å². The summed E-state index contributed by atoms with van der Waals surface area (Å²) in [6.45, 7) is 4.88. The number of hydrogen-bond donors (Lipinski definition) is 1. The van der Waals surface area contributed by atoms with Crippen molar-refractivity contribution in [3.8, 4) is 0 Å². The van der Waals surface area contributed by atoms with Crippen molar-refractivity contribution in [1.82, 2.24) is 25.0 Å². The molecule has 0 radical (unpaired) electrons. The minimum absolute atomic E-state index is 0.00953. The lowest BCUT2D eigenvalue weighted by molar-refractivity contribution is -0.156. The van der Waals surface area contributed by atoms with Crippen LogP contribution in [0, 0.1) is 5.92 Å². The number of carbonyl (C=O) groups excluding carboxylic acids is 2. The molecule has 3 heterocycles. The van der Waals surface area contributed by atoms with Crippen LogP contribution in [0.1, 0.15) is 36.8 Å². The highest BCUT2D eigenvalue weighted by molar-refractivity contribution is 5.87. The van der Waals surface area contributed by atoms with E-state index < -0.39 is 12.1 Å². The van der Waals surface area contributed by atoms with Gasteiger partial charge < -0.3 is 14.8 Å². The molecule has 1 N–H and O–H groups in total. The number of alkyl halides is 3. The molecule has 1 unspecified atom stereocenters. The van der Waals surface area contributed by atoms with E-state index in [1.807, 2.05) is 0 Å². The number of halogens is 3. The first kappa shape index (κ1) is 18.4. The van der Waals surface area contributed by atoms with Crippen molar-refractivity contribution in [1.29, 1.82) is 0 Å². The second kappa shape index (κ2) is 7.08. The lowest BCUT2D eigenvalue weighted by atomic mass is 9.96. The van der Waals surface area contributed by atoms with E-state index in [-0.39, 0.29) is 42.9 Å². The molecule has 7 nitrogen and oxygen atoms in total. The van der Waals surface area contributed by atoms with Crippen LogP contribution in [0.2, 0.25) is 0 Å². The third-order valence-corrected chi connectivity index (χ3v) is 4.80. The predicted molar refractivity (Wildman–Crippen MR) is 84.8 cm³/mol. The van der Waals surface area contributed by atoms with Gasteiger partial charge in [-0.1, -0.05) is 6.58 Å². The molecule has 1 saturated heterocycles. The minimum atomic E-state index is -4.34. The molecule has 0 saturated carbocycles. The molecule has 26 heavy (non-hydrogen) atoms. The number of likely N-dealkylation sites (tertiary alicyclic amines) is 1. The molecule has 1 aromatic rings. The Bertz CT molecular complexity index is 709. The maximum absolute atomic E-state index is 13.1. The number of hydrogen-bond acceptors (Lipinski definition) is 4. The van der Waals surface area contributed by atoms with Gasteiger partial charge in [0.25, 0.3) is 0 Å². The van der Waals surface area contributed by atoms with Gasteiger partial charge in [-0.25, -0.2) is 0 Å². The number of nitrogens with zero attached hydrogens (tertiary/aromatic N) is 4. The minimum Gasteiger partial charge on any atom is -0.349 e. The van der Waals surface area contributed by atoms with E-state index in [2.05, 4.69) is 22.1 Å². The first-order chi connectivity index (χ1) is 12.3. The topological polar surface area (TPSA) is 80.1 Å². The first-order valence-corrected chi connectivity index (χ1v) is 8.46. The highest BCUT2D eigenvalue weighted by atomic mass is 19.4. The number of nitrogens with one attached hydrogen (secondary N) is 1. The largest absolute Gasteiger partial charge is 0.398 e. The Morgan fingerprint density at radius 2 is 2.04 bits per heavy atom. The van der Waals surface area contributed by atoms with Crippen LogP contribution < -0.4 is 5.32 Å². The van der Waals surface area contributed by atoms with Gasteiger partial charge in [-0.05, 0) is 18.9 Å². The van der Waals surface area contributed by atoms with Crippen LogP contribution in [0.25, 0.3) is 0 Å². The molecule has 1 fully saturated rings. The highest BCUT2D eigenvalue weighted by Crippen LogP contribution is 2.40. The summed E-state index contributed by atoms with van der Waals surface area (Å²) in [5.41, 5.74) is 0. The van der Waals surface area contributed by atoms with Crippen molar-refractivity contribution in [3.63, 3.8) is 0 Å². The zero-order valence-electron chi connectivity index (χ0n) is 14.1. The van der Waals surface area contributed by atoms with Crippen molar-refractivity contribution in [2.75, 3.05) is 13.1 Å². The Balaban J connectivity index is 1.52. The summed E-state index contributed by atoms with van der Waals surface area (Å²) in [4.78, 5) is 25.0. The summed E-state index contributed by atoms with van der Waals surface area (Å²) in [7, 11) is 0. The molecule has 0 spiro atoms. The zero-order chi connectivity index (χ0) is 18.9. The maximum atomic E-state index is 13.1. The van der Waals surface area contributed by atoms with Crippen LogP contribution >= 0.6 is 0 Å². The number of aromatic nitrogens is 3. The lowest BCUT2D eigenvalue weighted by Crippen LogP contribution is -2.50. The summed E-state index contributed by atoms with van der Waals surface area (Å²) in [6.07, 6.45) is -2.45. The Labute approximate surface area is 148 Å². The van der Waals surface area contributed by atoms with Crippen molar-refractivity contribution in [3.05, 3.63) is 24.3 Å². The van der Waals surface area contributed by atoms with E-state index in [1.165, 1.54) is 10.6 Å². The fraction of sp³-hybridized carbons (Fsp3) is 0.625. The smallest absolute Gasteiger partial charge is 0.349 e. The number of carbonyl (C=O) groups is 2. The Hall–Kier alpha value is -2.39. The summed E-state index contributed by atoms with van der Waals surface area (Å²) in [6, 6.07) is 0. The van der Waals surface area contributed by atoms with Gasteiger partial charge in [0.15, 0.2) is 5.82 Å². The number of amides is 2. The second-order valence-corrected chi connectivity index (χ2v) is 6.66. The summed E-state index contributed by atoms with van der Waals surface area (Å²) in [5, 5.41) is 10.2. The average Bonchev–Trinajstić information content (AvgIpc) is 2.97. The molecule has 3 rings (SSSR count). The number of rotatable bonds is 5. The van der Waals surface area contributed by atoms with Crippen LogP contribution in [-0.4, -0.2) is 50.7 Å². The second-order valence-electron chi connectivity index (χ2n) is 6.66. The van der Waals surface area contributed by atoms with Gasteiger partial charge in [-0.3, -0.25) is 9.59 Å². The molecular weight excluding hydrogens is 351 g/mol. The fourth-order valence-electron chi connectivity index (χ4n) is 3.39. The molecule has 0 aliphatic carbocycles. The van der Waals surface area contributed by atoms with Gasteiger partial charge >= 0.3 is 6.18 Å². The molecule has 142 valence electrons. The lowest BCUT2D eigenvalue weighted by Gasteiger charge is -2.38. The quantitative estimate of drug-likeness (QED) is 0.793. The Morgan fingerprint density at radius 1 is 1.31 bits per heavy atom. The molecule has 10 heteroatoms. The van der Waals surface area contributed by atoms with E-state index in [0.29, 0.717) is 31.9 Å². The molecule has 0 aromatic carbocycles. The normalized spacial score (nSPS) is 20.3. The SMILES string of the molecule is C=CC(=O)N1CC(CC(=O)NCc2nnc3n2CCCC3C(F)(F)F)C1. The van der Waals surface area contributed by atoms with Crippen LogP contribution in [0.15, 0.2) is 12.7 Å². The van der Waals surface area contributed by atoms with Crippen molar-refractivity contribution >= 4 is 11.8 Å². The van der Waals surface area contributed by atoms with E-state index >= 15 is 0 Å². The Kier molecular flexibility index (Phi) is 5.01. The van der Waals surface area contributed by atoms with Crippen molar-refractivity contribution < 1.29 is 22.8 Å². The van der Waals surface area contributed by atoms with Gasteiger partial charge in [0.1, 0.15) is 11.7 Å². The molecular formula is C16H20F3N5O2. The molecule has 0 bridgehead atoms. The van der Waals surface area contributed by atoms with Gasteiger partial charge in [-0.15, -0.1) is 10.2 Å². The maximum Gasteiger partial charge on any atom is 0.398 e. The van der Waals surface area contributed by atoms with Gasteiger partial charge in [0.2, 0.25) is 11.8 Å². The van der Waals surface area contributed by atoms with E-state index in [4.69, 9.17) is 0 Å².